The molecule has 3 heteroatoms. The zero-order valence-corrected chi connectivity index (χ0v) is 8.97. The van der Waals surface area contributed by atoms with Crippen LogP contribution in [0.1, 0.15) is 46.0 Å². The average molecular weight is 198 g/mol. The second kappa shape index (κ2) is 3.23. The number of rotatable bonds is 4. The molecule has 0 spiro atoms. The van der Waals surface area contributed by atoms with E-state index in [1.54, 1.807) is 0 Å². The Bertz CT molecular complexity index is 251. The second-order valence-electron chi connectivity index (χ2n) is 4.27. The Morgan fingerprint density at radius 3 is 2.79 bits per heavy atom. The van der Waals surface area contributed by atoms with Gasteiger partial charge in [-0.1, -0.05) is 13.8 Å². The van der Waals surface area contributed by atoms with E-state index >= 15 is 0 Å². The van der Waals surface area contributed by atoms with Gasteiger partial charge in [0.25, 0.3) is 0 Å². The summed E-state index contributed by atoms with van der Waals surface area (Å²) < 4.78 is 10.8. The predicted octanol–water partition coefficient (Wildman–Crippen LogP) is 2.04. The smallest absolute Gasteiger partial charge is 0.341 e. The molecule has 1 heterocycles. The molecule has 2 unspecified atom stereocenters. The molecule has 2 aliphatic rings. The highest BCUT2D eigenvalue weighted by atomic mass is 16.7. The summed E-state index contributed by atoms with van der Waals surface area (Å²) in [6, 6.07) is 0. The van der Waals surface area contributed by atoms with E-state index in [0.29, 0.717) is 6.61 Å². The lowest BCUT2D eigenvalue weighted by molar-refractivity contribution is -0.150. The molecular weight excluding hydrogens is 180 g/mol. The van der Waals surface area contributed by atoms with Crippen LogP contribution in [0.25, 0.3) is 0 Å². The van der Waals surface area contributed by atoms with Crippen molar-refractivity contribution in [3.05, 3.63) is 0 Å². The van der Waals surface area contributed by atoms with Gasteiger partial charge in [0.05, 0.1) is 6.61 Å². The summed E-state index contributed by atoms with van der Waals surface area (Å²) in [6.45, 7) is 4.60. The van der Waals surface area contributed by atoms with Crippen molar-refractivity contribution in [2.24, 2.45) is 0 Å². The van der Waals surface area contributed by atoms with E-state index in [9.17, 15) is 4.79 Å². The molecule has 0 aromatic carbocycles. The molecule has 0 radical (unpaired) electrons. The lowest BCUT2D eigenvalue weighted by Crippen LogP contribution is -2.31. The Balaban J connectivity index is 2.01. The highest BCUT2D eigenvalue weighted by molar-refractivity contribution is 5.85. The summed E-state index contributed by atoms with van der Waals surface area (Å²) >= 11 is 0. The van der Waals surface area contributed by atoms with Gasteiger partial charge >= 0.3 is 5.97 Å². The number of hydrogen-bond donors (Lipinski definition) is 0. The molecule has 0 N–H and O–H groups in total. The minimum atomic E-state index is -0.545. The van der Waals surface area contributed by atoms with Crippen molar-refractivity contribution in [2.45, 2.75) is 57.2 Å². The molecule has 14 heavy (non-hydrogen) atoms. The highest BCUT2D eigenvalue weighted by Gasteiger charge is 2.76. The van der Waals surface area contributed by atoms with Gasteiger partial charge in [-0.2, -0.15) is 0 Å². The van der Waals surface area contributed by atoms with Gasteiger partial charge in [0, 0.05) is 0 Å². The van der Waals surface area contributed by atoms with E-state index in [-0.39, 0.29) is 11.6 Å². The number of esters is 1. The molecule has 80 valence electrons. The molecule has 2 atom stereocenters. The van der Waals surface area contributed by atoms with Crippen LogP contribution in [0.15, 0.2) is 0 Å². The first-order valence-electron chi connectivity index (χ1n) is 5.58. The van der Waals surface area contributed by atoms with Crippen LogP contribution in [0, 0.1) is 0 Å². The van der Waals surface area contributed by atoms with Gasteiger partial charge in [0.1, 0.15) is 5.60 Å². The van der Waals surface area contributed by atoms with Crippen molar-refractivity contribution in [1.29, 1.82) is 0 Å². The molecule has 0 amide bonds. The third-order valence-corrected chi connectivity index (χ3v) is 3.51. The fraction of sp³-hybridized carbons (Fsp3) is 0.909. The maximum atomic E-state index is 11.8. The van der Waals surface area contributed by atoms with E-state index in [1.165, 1.54) is 0 Å². The Morgan fingerprint density at radius 2 is 2.21 bits per heavy atom. The van der Waals surface area contributed by atoms with Crippen LogP contribution < -0.4 is 0 Å². The molecule has 0 aromatic rings. The van der Waals surface area contributed by atoms with E-state index in [0.717, 1.165) is 32.1 Å². The molecule has 1 saturated carbocycles. The van der Waals surface area contributed by atoms with E-state index < -0.39 is 5.60 Å². The predicted molar refractivity (Wildman–Crippen MR) is 51.9 cm³/mol. The molecule has 3 nitrogen and oxygen atoms in total. The summed E-state index contributed by atoms with van der Waals surface area (Å²) in [6.07, 6.45) is 4.76. The molecule has 2 fully saturated rings. The minimum absolute atomic E-state index is 0.126. The van der Waals surface area contributed by atoms with E-state index in [4.69, 9.17) is 9.47 Å². The molecule has 1 aliphatic carbocycles. The van der Waals surface area contributed by atoms with Crippen molar-refractivity contribution in [1.82, 2.24) is 0 Å². The monoisotopic (exact) mass is 198 g/mol. The van der Waals surface area contributed by atoms with Crippen molar-refractivity contribution >= 4 is 5.97 Å². The van der Waals surface area contributed by atoms with Gasteiger partial charge in [-0.25, -0.2) is 4.79 Å². The first kappa shape index (κ1) is 9.97. The van der Waals surface area contributed by atoms with Gasteiger partial charge in [0.15, 0.2) is 5.60 Å². The molecule has 2 rings (SSSR count). The number of carbonyl (C=O) groups is 1. The van der Waals surface area contributed by atoms with E-state index in [1.807, 2.05) is 6.92 Å². The number of carbonyl (C=O) groups excluding carboxylic acids is 1. The lowest BCUT2D eigenvalue weighted by atomic mass is 9.94. The quantitative estimate of drug-likeness (QED) is 0.512. The van der Waals surface area contributed by atoms with Crippen LogP contribution in [0.2, 0.25) is 0 Å². The average Bonchev–Trinajstić information content (AvgIpc) is 2.74. The fourth-order valence-electron chi connectivity index (χ4n) is 2.64. The van der Waals surface area contributed by atoms with Crippen LogP contribution in [-0.4, -0.2) is 23.8 Å². The number of ether oxygens (including phenoxy) is 2. The maximum Gasteiger partial charge on any atom is 0.341 e. The summed E-state index contributed by atoms with van der Waals surface area (Å²) in [5.74, 6) is -0.126. The SMILES string of the molecule is CCCOC(=O)C12CCCC1(CC)O2. The number of epoxide rings is 1. The highest BCUT2D eigenvalue weighted by Crippen LogP contribution is 2.62. The fourth-order valence-corrected chi connectivity index (χ4v) is 2.64. The van der Waals surface area contributed by atoms with Crippen LogP contribution in [-0.2, 0) is 14.3 Å². The molecule has 0 bridgehead atoms. The van der Waals surface area contributed by atoms with Gasteiger partial charge in [0.2, 0.25) is 0 Å². The minimum Gasteiger partial charge on any atom is -0.463 e. The second-order valence-corrected chi connectivity index (χ2v) is 4.27. The Morgan fingerprint density at radius 1 is 1.43 bits per heavy atom. The topological polar surface area (TPSA) is 38.8 Å². The van der Waals surface area contributed by atoms with Gasteiger partial charge in [-0.05, 0) is 32.1 Å². The first-order chi connectivity index (χ1) is 6.71. The third kappa shape index (κ3) is 1.11. The molecule has 0 aromatic heterocycles. The van der Waals surface area contributed by atoms with Crippen molar-refractivity contribution in [2.75, 3.05) is 6.61 Å². The third-order valence-electron chi connectivity index (χ3n) is 3.51. The number of hydrogen-bond acceptors (Lipinski definition) is 3. The Labute approximate surface area is 84.8 Å². The summed E-state index contributed by atoms with van der Waals surface area (Å²) in [7, 11) is 0. The van der Waals surface area contributed by atoms with Crippen LogP contribution in [0.3, 0.4) is 0 Å². The lowest BCUT2D eigenvalue weighted by Gasteiger charge is -2.09. The maximum absolute atomic E-state index is 11.8. The van der Waals surface area contributed by atoms with Crippen molar-refractivity contribution in [3.63, 3.8) is 0 Å². The summed E-state index contributed by atoms with van der Waals surface area (Å²) in [5, 5.41) is 0. The molecule has 1 saturated heterocycles. The first-order valence-corrected chi connectivity index (χ1v) is 5.58. The van der Waals surface area contributed by atoms with Crippen molar-refractivity contribution < 1.29 is 14.3 Å². The Kier molecular flexibility index (Phi) is 2.30. The molecule has 1 aliphatic heterocycles. The normalized spacial score (nSPS) is 39.3. The van der Waals surface area contributed by atoms with Crippen LogP contribution in [0.4, 0.5) is 0 Å². The number of fused-ring (bicyclic) bond motifs is 1. The van der Waals surface area contributed by atoms with Gasteiger partial charge in [-0.3, -0.25) is 0 Å². The zero-order chi connectivity index (χ0) is 10.2. The standard InChI is InChI=1S/C11H18O3/c1-3-8-13-9(12)11-7-5-6-10(11,4-2)14-11/h3-8H2,1-2H3. The van der Waals surface area contributed by atoms with Gasteiger partial charge in [-0.15, -0.1) is 0 Å². The largest absolute Gasteiger partial charge is 0.463 e. The Hall–Kier alpha value is -0.570. The zero-order valence-electron chi connectivity index (χ0n) is 8.97. The van der Waals surface area contributed by atoms with E-state index in [2.05, 4.69) is 6.92 Å². The molecular formula is C11H18O3. The van der Waals surface area contributed by atoms with Gasteiger partial charge < -0.3 is 9.47 Å². The van der Waals surface area contributed by atoms with Crippen LogP contribution in [0.5, 0.6) is 0 Å². The van der Waals surface area contributed by atoms with Crippen molar-refractivity contribution in [3.8, 4) is 0 Å². The summed E-state index contributed by atoms with van der Waals surface area (Å²) in [4.78, 5) is 11.8. The van der Waals surface area contributed by atoms with Crippen LogP contribution >= 0.6 is 0 Å². The summed E-state index contributed by atoms with van der Waals surface area (Å²) in [5.41, 5.74) is -0.700.